The van der Waals surface area contributed by atoms with Crippen LogP contribution in [0.5, 0.6) is 5.75 Å². The number of carbonyl (C=O) groups is 2. The number of carboxylic acid groups (broad SMARTS) is 1. The van der Waals surface area contributed by atoms with Crippen molar-refractivity contribution in [1.82, 2.24) is 5.32 Å². The van der Waals surface area contributed by atoms with Crippen LogP contribution < -0.4 is 15.0 Å². The number of anilines is 1. The fraction of sp³-hybridized carbons (Fsp3) is 0.385. The lowest BCUT2D eigenvalue weighted by Crippen LogP contribution is -2.39. The standard InChI is InChI=1S/C13H18N2O5/c1-15(9-4-3-5-10(8-9)20-2)13(19)14-7-6-11(16)12(17)18/h3-5,8,11,16H,6-7H2,1-2H3,(H,14,19)(H,17,18). The maximum atomic E-state index is 11.8. The van der Waals surface area contributed by atoms with E-state index in [1.54, 1.807) is 31.3 Å². The Morgan fingerprint density at radius 3 is 2.75 bits per heavy atom. The molecule has 1 atom stereocenters. The average molecular weight is 282 g/mol. The van der Waals surface area contributed by atoms with Crippen molar-refractivity contribution >= 4 is 17.7 Å². The summed E-state index contributed by atoms with van der Waals surface area (Å²) in [6.07, 6.45) is -1.52. The molecule has 7 nitrogen and oxygen atoms in total. The minimum atomic E-state index is -1.47. The smallest absolute Gasteiger partial charge is 0.332 e. The number of aliphatic carboxylic acids is 1. The number of urea groups is 1. The number of rotatable bonds is 6. The molecule has 0 heterocycles. The van der Waals surface area contributed by atoms with Crippen LogP contribution in [0, 0.1) is 0 Å². The Bertz CT molecular complexity index is 478. The van der Waals surface area contributed by atoms with Crippen molar-refractivity contribution < 1.29 is 24.5 Å². The van der Waals surface area contributed by atoms with Gasteiger partial charge in [-0.25, -0.2) is 9.59 Å². The lowest BCUT2D eigenvalue weighted by atomic mass is 10.2. The first-order chi connectivity index (χ1) is 9.45. The van der Waals surface area contributed by atoms with Gasteiger partial charge in [0.25, 0.3) is 0 Å². The number of hydrogen-bond donors (Lipinski definition) is 3. The summed E-state index contributed by atoms with van der Waals surface area (Å²) in [5.74, 6) is -0.677. The summed E-state index contributed by atoms with van der Waals surface area (Å²) < 4.78 is 5.07. The van der Waals surface area contributed by atoms with Crippen LogP contribution in [0.2, 0.25) is 0 Å². The Morgan fingerprint density at radius 1 is 1.45 bits per heavy atom. The first-order valence-electron chi connectivity index (χ1n) is 6.02. The number of amides is 2. The molecule has 3 N–H and O–H groups in total. The van der Waals surface area contributed by atoms with E-state index < -0.39 is 18.1 Å². The van der Waals surface area contributed by atoms with E-state index in [-0.39, 0.29) is 13.0 Å². The van der Waals surface area contributed by atoms with Crippen LogP contribution in [0.1, 0.15) is 6.42 Å². The molecule has 0 saturated heterocycles. The third kappa shape index (κ3) is 4.43. The van der Waals surface area contributed by atoms with Gasteiger partial charge in [0.1, 0.15) is 5.75 Å². The molecule has 1 unspecified atom stereocenters. The summed E-state index contributed by atoms with van der Waals surface area (Å²) in [5, 5.41) is 20.1. The van der Waals surface area contributed by atoms with Crippen molar-refractivity contribution in [2.45, 2.75) is 12.5 Å². The van der Waals surface area contributed by atoms with E-state index in [9.17, 15) is 9.59 Å². The van der Waals surface area contributed by atoms with Crippen LogP contribution in [-0.4, -0.2) is 49.0 Å². The van der Waals surface area contributed by atoms with Gasteiger partial charge in [0.2, 0.25) is 0 Å². The van der Waals surface area contributed by atoms with E-state index in [0.29, 0.717) is 11.4 Å². The van der Waals surface area contributed by atoms with Crippen LogP contribution in [0.25, 0.3) is 0 Å². The minimum Gasteiger partial charge on any atom is -0.497 e. The molecule has 7 heteroatoms. The van der Waals surface area contributed by atoms with E-state index in [1.165, 1.54) is 12.0 Å². The van der Waals surface area contributed by atoms with E-state index in [4.69, 9.17) is 14.9 Å². The third-order valence-corrected chi connectivity index (χ3v) is 2.72. The summed E-state index contributed by atoms with van der Waals surface area (Å²) in [6, 6.07) is 6.57. The molecule has 1 rings (SSSR count). The number of aliphatic hydroxyl groups is 1. The van der Waals surface area contributed by atoms with Gasteiger partial charge in [-0.1, -0.05) is 6.07 Å². The SMILES string of the molecule is COc1cccc(N(C)C(=O)NCCC(O)C(=O)O)c1. The monoisotopic (exact) mass is 282 g/mol. The minimum absolute atomic E-state index is 0.0486. The van der Waals surface area contributed by atoms with Crippen LogP contribution in [-0.2, 0) is 4.79 Å². The van der Waals surface area contributed by atoms with E-state index in [1.807, 2.05) is 0 Å². The fourth-order valence-electron chi connectivity index (χ4n) is 1.49. The molecule has 0 saturated carbocycles. The second-order valence-corrected chi connectivity index (χ2v) is 4.14. The number of carbonyl (C=O) groups excluding carboxylic acids is 1. The van der Waals surface area contributed by atoms with E-state index >= 15 is 0 Å². The quantitative estimate of drug-likeness (QED) is 0.712. The molecule has 0 aliphatic heterocycles. The average Bonchev–Trinajstić information content (AvgIpc) is 2.46. The molecule has 0 aliphatic rings. The highest BCUT2D eigenvalue weighted by Gasteiger charge is 2.15. The molecule has 1 aromatic carbocycles. The van der Waals surface area contributed by atoms with Crippen LogP contribution in [0.4, 0.5) is 10.5 Å². The Labute approximate surface area is 116 Å². The summed E-state index contributed by atoms with van der Waals surface area (Å²) in [6.45, 7) is 0.0700. The molecule has 0 fully saturated rings. The van der Waals surface area contributed by atoms with Crippen molar-refractivity contribution in [3.05, 3.63) is 24.3 Å². The van der Waals surface area contributed by atoms with Gasteiger partial charge in [0.15, 0.2) is 6.10 Å². The molecular weight excluding hydrogens is 264 g/mol. The highest BCUT2D eigenvalue weighted by atomic mass is 16.5. The molecular formula is C13H18N2O5. The second kappa shape index (κ2) is 7.34. The zero-order chi connectivity index (χ0) is 15.1. The predicted octanol–water partition coefficient (Wildman–Crippen LogP) is 0.677. The zero-order valence-corrected chi connectivity index (χ0v) is 11.4. The largest absolute Gasteiger partial charge is 0.497 e. The number of nitrogens with zero attached hydrogens (tertiary/aromatic N) is 1. The highest BCUT2D eigenvalue weighted by Crippen LogP contribution is 2.19. The summed E-state index contributed by atoms with van der Waals surface area (Å²) in [4.78, 5) is 23.6. The van der Waals surface area contributed by atoms with Crippen molar-refractivity contribution in [2.24, 2.45) is 0 Å². The van der Waals surface area contributed by atoms with Gasteiger partial charge in [0.05, 0.1) is 7.11 Å². The Hall–Kier alpha value is -2.28. The van der Waals surface area contributed by atoms with Crippen molar-refractivity contribution in [3.8, 4) is 5.75 Å². The maximum Gasteiger partial charge on any atom is 0.332 e. The van der Waals surface area contributed by atoms with Crippen molar-refractivity contribution in [2.75, 3.05) is 25.6 Å². The molecule has 2 amide bonds. The molecule has 0 bridgehead atoms. The number of nitrogens with one attached hydrogen (secondary N) is 1. The molecule has 0 spiro atoms. The van der Waals surface area contributed by atoms with Gasteiger partial charge in [0, 0.05) is 31.8 Å². The van der Waals surface area contributed by atoms with Gasteiger partial charge in [-0.05, 0) is 12.1 Å². The Balaban J connectivity index is 2.52. The lowest BCUT2D eigenvalue weighted by Gasteiger charge is -2.19. The predicted molar refractivity (Wildman–Crippen MR) is 73.1 cm³/mol. The van der Waals surface area contributed by atoms with Crippen LogP contribution in [0.3, 0.4) is 0 Å². The topological polar surface area (TPSA) is 99.1 Å². The van der Waals surface area contributed by atoms with Gasteiger partial charge in [-0.3, -0.25) is 4.90 Å². The molecule has 20 heavy (non-hydrogen) atoms. The van der Waals surface area contributed by atoms with E-state index in [2.05, 4.69) is 5.32 Å². The number of aliphatic hydroxyl groups excluding tert-OH is 1. The van der Waals surface area contributed by atoms with Gasteiger partial charge < -0.3 is 20.3 Å². The fourth-order valence-corrected chi connectivity index (χ4v) is 1.49. The summed E-state index contributed by atoms with van der Waals surface area (Å²) in [5.41, 5.74) is 0.639. The molecule has 0 aromatic heterocycles. The van der Waals surface area contributed by atoms with Crippen LogP contribution in [0.15, 0.2) is 24.3 Å². The maximum absolute atomic E-state index is 11.8. The zero-order valence-electron chi connectivity index (χ0n) is 11.4. The summed E-state index contributed by atoms with van der Waals surface area (Å²) in [7, 11) is 3.12. The first-order valence-corrected chi connectivity index (χ1v) is 6.02. The number of methoxy groups -OCH3 is 1. The molecule has 1 aromatic rings. The molecule has 0 radical (unpaired) electrons. The first kappa shape index (κ1) is 15.8. The number of ether oxygens (including phenoxy) is 1. The van der Waals surface area contributed by atoms with Gasteiger partial charge in [-0.2, -0.15) is 0 Å². The van der Waals surface area contributed by atoms with Crippen molar-refractivity contribution in [1.29, 1.82) is 0 Å². The third-order valence-electron chi connectivity index (χ3n) is 2.72. The number of hydrogen-bond acceptors (Lipinski definition) is 4. The Kier molecular flexibility index (Phi) is 5.79. The van der Waals surface area contributed by atoms with E-state index in [0.717, 1.165) is 0 Å². The number of carboxylic acids is 1. The van der Waals surface area contributed by atoms with Gasteiger partial charge >= 0.3 is 12.0 Å². The van der Waals surface area contributed by atoms with Crippen molar-refractivity contribution in [3.63, 3.8) is 0 Å². The van der Waals surface area contributed by atoms with Crippen LogP contribution >= 0.6 is 0 Å². The molecule has 0 aliphatic carbocycles. The molecule has 110 valence electrons. The van der Waals surface area contributed by atoms with Gasteiger partial charge in [-0.15, -0.1) is 0 Å². The second-order valence-electron chi connectivity index (χ2n) is 4.14. The highest BCUT2D eigenvalue weighted by molar-refractivity contribution is 5.91. The normalized spacial score (nSPS) is 11.6. The summed E-state index contributed by atoms with van der Waals surface area (Å²) >= 11 is 0. The Morgan fingerprint density at radius 2 is 2.15 bits per heavy atom. The lowest BCUT2D eigenvalue weighted by molar-refractivity contribution is -0.146. The number of benzene rings is 1.